The van der Waals surface area contributed by atoms with Gasteiger partial charge in [-0.05, 0) is 44.4 Å². The summed E-state index contributed by atoms with van der Waals surface area (Å²) in [7, 11) is 1.62. The third-order valence-corrected chi connectivity index (χ3v) is 6.11. The Labute approximate surface area is 177 Å². The van der Waals surface area contributed by atoms with E-state index in [1.54, 1.807) is 14.0 Å². The van der Waals surface area contributed by atoms with Crippen LogP contribution in [-0.4, -0.2) is 61.8 Å². The van der Waals surface area contributed by atoms with Gasteiger partial charge in [-0.1, -0.05) is 12.1 Å². The van der Waals surface area contributed by atoms with Crippen molar-refractivity contribution >= 4 is 17.9 Å². The van der Waals surface area contributed by atoms with E-state index in [1.165, 1.54) is 4.90 Å². The number of hydrogen-bond acceptors (Lipinski definition) is 5. The van der Waals surface area contributed by atoms with Gasteiger partial charge in [-0.3, -0.25) is 9.59 Å². The lowest BCUT2D eigenvalue weighted by atomic mass is 9.93. The van der Waals surface area contributed by atoms with Crippen LogP contribution in [0.5, 0.6) is 5.75 Å². The first-order chi connectivity index (χ1) is 14.4. The highest BCUT2D eigenvalue weighted by atomic mass is 16.5. The molecule has 0 radical (unpaired) electrons. The monoisotopic (exact) mass is 418 g/mol. The number of amides is 3. The zero-order valence-corrected chi connectivity index (χ0v) is 18.0. The number of rotatable bonds is 8. The van der Waals surface area contributed by atoms with Crippen LogP contribution in [0.3, 0.4) is 0 Å². The normalized spacial score (nSPS) is 26.4. The molecule has 2 heterocycles. The number of benzene rings is 1. The van der Waals surface area contributed by atoms with Gasteiger partial charge in [-0.2, -0.15) is 0 Å². The van der Waals surface area contributed by atoms with E-state index in [-0.39, 0.29) is 23.8 Å². The number of carbonyl (C=O) groups excluding carboxylic acids is 3. The van der Waals surface area contributed by atoms with Crippen LogP contribution in [0.25, 0.3) is 0 Å². The fourth-order valence-corrected chi connectivity index (χ4v) is 4.15. The van der Waals surface area contributed by atoms with Gasteiger partial charge < -0.3 is 19.7 Å². The maximum Gasteiger partial charge on any atom is 0.329 e. The fourth-order valence-electron chi connectivity index (χ4n) is 4.15. The lowest BCUT2D eigenvalue weighted by Gasteiger charge is -2.30. The molecule has 2 aliphatic rings. The molecule has 0 saturated carbocycles. The second-order valence-corrected chi connectivity index (χ2v) is 8.28. The minimum absolute atomic E-state index is 0.0773. The zero-order chi connectivity index (χ0) is 21.7. The van der Waals surface area contributed by atoms with Crippen LogP contribution in [0.2, 0.25) is 0 Å². The van der Waals surface area contributed by atoms with Crippen molar-refractivity contribution in [1.29, 1.82) is 0 Å². The number of methoxy groups -OCH3 is 1. The van der Waals surface area contributed by atoms with E-state index < -0.39 is 5.54 Å². The Hall–Kier alpha value is -2.61. The summed E-state index contributed by atoms with van der Waals surface area (Å²) in [6.07, 6.45) is 2.64. The second-order valence-electron chi connectivity index (χ2n) is 8.28. The summed E-state index contributed by atoms with van der Waals surface area (Å²) >= 11 is 0. The molecule has 1 atom stereocenters. The zero-order valence-electron chi connectivity index (χ0n) is 18.0. The Kier molecular flexibility index (Phi) is 6.97. The first kappa shape index (κ1) is 22.1. The molecule has 8 heteroatoms. The third kappa shape index (κ3) is 4.92. The van der Waals surface area contributed by atoms with Gasteiger partial charge in [0.15, 0.2) is 6.67 Å². The molecule has 2 N–H and O–H groups in total. The third-order valence-electron chi connectivity index (χ3n) is 6.11. The molecule has 2 saturated heterocycles. The summed E-state index contributed by atoms with van der Waals surface area (Å²) in [6.45, 7) is 5.80. The lowest BCUT2D eigenvalue weighted by molar-refractivity contribution is -0.913. The van der Waals surface area contributed by atoms with E-state index in [0.29, 0.717) is 39.0 Å². The van der Waals surface area contributed by atoms with Gasteiger partial charge in [0, 0.05) is 12.8 Å². The topological polar surface area (TPSA) is 89.4 Å². The van der Waals surface area contributed by atoms with Crippen molar-refractivity contribution in [3.63, 3.8) is 0 Å². The molecule has 1 aromatic carbocycles. The number of ether oxygens (including phenoxy) is 2. The number of nitrogens with zero attached hydrogens (tertiary/aromatic N) is 1. The van der Waals surface area contributed by atoms with Gasteiger partial charge in [0.2, 0.25) is 0 Å². The summed E-state index contributed by atoms with van der Waals surface area (Å²) in [5.74, 6) is 0.390. The summed E-state index contributed by atoms with van der Waals surface area (Å²) in [5, 5.41) is 2.88. The van der Waals surface area contributed by atoms with Crippen molar-refractivity contribution in [1.82, 2.24) is 10.2 Å². The van der Waals surface area contributed by atoms with Crippen LogP contribution in [0.4, 0.5) is 4.79 Å². The number of quaternary nitrogens is 1. The molecule has 0 spiro atoms. The van der Waals surface area contributed by atoms with E-state index in [1.807, 2.05) is 31.2 Å². The second kappa shape index (κ2) is 9.47. The van der Waals surface area contributed by atoms with Crippen molar-refractivity contribution in [2.45, 2.75) is 45.1 Å². The Morgan fingerprint density at radius 2 is 1.90 bits per heavy atom. The number of likely N-dealkylation sites (tertiary alicyclic amines) is 1. The van der Waals surface area contributed by atoms with Gasteiger partial charge in [0.1, 0.15) is 11.3 Å². The molecule has 8 nitrogen and oxygen atoms in total. The van der Waals surface area contributed by atoms with Crippen LogP contribution < -0.4 is 15.0 Å². The van der Waals surface area contributed by atoms with Gasteiger partial charge in [-0.15, -0.1) is 0 Å². The molecule has 3 rings (SSSR count). The number of nitrogens with one attached hydrogen (secondary N) is 2. The number of esters is 1. The van der Waals surface area contributed by atoms with Crippen molar-refractivity contribution in [2.24, 2.45) is 5.92 Å². The van der Waals surface area contributed by atoms with Crippen LogP contribution in [0.15, 0.2) is 24.3 Å². The Morgan fingerprint density at radius 1 is 1.23 bits per heavy atom. The van der Waals surface area contributed by atoms with Crippen LogP contribution in [0.1, 0.15) is 38.7 Å². The number of imide groups is 1. The Bertz CT molecular complexity index is 773. The predicted octanol–water partition coefficient (Wildman–Crippen LogP) is 0.754. The quantitative estimate of drug-likeness (QED) is 0.481. The summed E-state index contributed by atoms with van der Waals surface area (Å²) in [4.78, 5) is 39.9. The first-order valence-corrected chi connectivity index (χ1v) is 10.6. The van der Waals surface area contributed by atoms with E-state index in [0.717, 1.165) is 29.3 Å². The molecule has 164 valence electrons. The first-order valence-electron chi connectivity index (χ1n) is 10.6. The van der Waals surface area contributed by atoms with Crippen molar-refractivity contribution in [3.05, 3.63) is 29.8 Å². The van der Waals surface area contributed by atoms with Gasteiger partial charge in [0.25, 0.3) is 5.91 Å². The largest absolute Gasteiger partial charge is 0.497 e. The highest BCUT2D eigenvalue weighted by molar-refractivity contribution is 6.06. The van der Waals surface area contributed by atoms with Crippen LogP contribution in [-0.2, 0) is 20.7 Å². The number of carbonyl (C=O) groups is 3. The van der Waals surface area contributed by atoms with E-state index in [4.69, 9.17) is 9.47 Å². The number of hydrogen-bond donors (Lipinski definition) is 2. The molecule has 0 aromatic heterocycles. The smallest absolute Gasteiger partial charge is 0.329 e. The van der Waals surface area contributed by atoms with Crippen molar-refractivity contribution < 1.29 is 28.8 Å². The molecule has 0 aliphatic carbocycles. The Balaban J connectivity index is 1.53. The van der Waals surface area contributed by atoms with E-state index in [2.05, 4.69) is 5.32 Å². The summed E-state index contributed by atoms with van der Waals surface area (Å²) < 4.78 is 10.3. The molecule has 0 bridgehead atoms. The standard InChI is InChI=1S/C22H31N3O5/c1-4-30-19(26)17-10-13-24(14-11-17)15-25-20(27)22(2,23-21(25)28)12-9-16-5-7-18(29-3)8-6-16/h5-8,17H,4,9-15H2,1-3H3,(H,23,28)/p+1/t22-/m0/s1. The minimum atomic E-state index is -0.903. The SMILES string of the molecule is CCOC(=O)C1CC[NH+](CN2C(=O)N[C@@](C)(CCc3ccc(OC)cc3)C2=O)CC1. The van der Waals surface area contributed by atoms with Gasteiger partial charge in [0.05, 0.1) is 32.7 Å². The molecule has 30 heavy (non-hydrogen) atoms. The van der Waals surface area contributed by atoms with E-state index in [9.17, 15) is 14.4 Å². The maximum atomic E-state index is 13.0. The molecule has 2 fully saturated rings. The van der Waals surface area contributed by atoms with Crippen LogP contribution in [0, 0.1) is 5.92 Å². The highest BCUT2D eigenvalue weighted by Crippen LogP contribution is 2.23. The summed E-state index contributed by atoms with van der Waals surface area (Å²) in [5.41, 5.74) is 0.184. The minimum Gasteiger partial charge on any atom is -0.497 e. The average Bonchev–Trinajstić information content (AvgIpc) is 2.96. The maximum absolute atomic E-state index is 13.0. The van der Waals surface area contributed by atoms with Crippen LogP contribution >= 0.6 is 0 Å². The molecule has 1 aromatic rings. The number of piperidine rings is 1. The number of aryl methyl sites for hydroxylation is 1. The Morgan fingerprint density at radius 3 is 2.50 bits per heavy atom. The molecular weight excluding hydrogens is 386 g/mol. The summed E-state index contributed by atoms with van der Waals surface area (Å²) in [6, 6.07) is 7.39. The molecule has 0 unspecified atom stereocenters. The highest BCUT2D eigenvalue weighted by Gasteiger charge is 2.48. The molecular formula is C22H32N3O5+. The lowest BCUT2D eigenvalue weighted by Crippen LogP contribution is -3.14. The fraction of sp³-hybridized carbons (Fsp3) is 0.591. The van der Waals surface area contributed by atoms with Crippen molar-refractivity contribution in [3.8, 4) is 5.75 Å². The molecule has 2 aliphatic heterocycles. The average molecular weight is 419 g/mol. The predicted molar refractivity (Wildman–Crippen MR) is 110 cm³/mol. The van der Waals surface area contributed by atoms with Gasteiger partial charge in [-0.25, -0.2) is 9.69 Å². The van der Waals surface area contributed by atoms with Gasteiger partial charge >= 0.3 is 12.0 Å². The number of urea groups is 1. The molecule has 3 amide bonds. The van der Waals surface area contributed by atoms with E-state index >= 15 is 0 Å². The van der Waals surface area contributed by atoms with Crippen molar-refractivity contribution in [2.75, 3.05) is 33.5 Å².